The molecule has 0 aliphatic carbocycles. The predicted molar refractivity (Wildman–Crippen MR) is 85.0 cm³/mol. The number of nitrogens with zero attached hydrogens (tertiary/aromatic N) is 4. The first-order valence-corrected chi connectivity index (χ1v) is 7.93. The highest BCUT2D eigenvalue weighted by atomic mass is 79.9. The molecule has 0 N–H and O–H groups in total. The molecule has 0 fully saturated rings. The van der Waals surface area contributed by atoms with Gasteiger partial charge < -0.3 is 9.64 Å². The van der Waals surface area contributed by atoms with E-state index in [2.05, 4.69) is 50.8 Å². The van der Waals surface area contributed by atoms with Crippen LogP contribution in [0.4, 0.5) is 5.82 Å². The van der Waals surface area contributed by atoms with Crippen LogP contribution in [0, 0.1) is 0 Å². The third-order valence-electron chi connectivity index (χ3n) is 3.20. The molecule has 0 aromatic carbocycles. The molecule has 0 spiro atoms. The van der Waals surface area contributed by atoms with Gasteiger partial charge >= 0.3 is 0 Å². The van der Waals surface area contributed by atoms with Gasteiger partial charge in [-0.25, -0.2) is 9.50 Å². The van der Waals surface area contributed by atoms with Crippen molar-refractivity contribution < 1.29 is 4.74 Å². The molecule has 0 saturated heterocycles. The Labute approximate surface area is 128 Å². The highest BCUT2D eigenvalue weighted by Crippen LogP contribution is 2.22. The fraction of sp³-hybridized carbons (Fsp3) is 0.571. The number of aromatic nitrogens is 3. The third kappa shape index (κ3) is 3.30. The summed E-state index contributed by atoms with van der Waals surface area (Å²) in [5.41, 5.74) is 2.14. The summed E-state index contributed by atoms with van der Waals surface area (Å²) in [6.45, 7) is 6.68. The Kier molecular flexibility index (Phi) is 5.37. The first kappa shape index (κ1) is 15.3. The molecule has 2 aromatic rings. The van der Waals surface area contributed by atoms with Crippen molar-refractivity contribution in [2.24, 2.45) is 0 Å². The van der Waals surface area contributed by atoms with Crippen LogP contribution in [0.5, 0.6) is 0 Å². The van der Waals surface area contributed by atoms with E-state index in [-0.39, 0.29) is 0 Å². The van der Waals surface area contributed by atoms with Crippen LogP contribution >= 0.6 is 15.9 Å². The third-order valence-corrected chi connectivity index (χ3v) is 3.55. The van der Waals surface area contributed by atoms with Gasteiger partial charge in [-0.05, 0) is 12.0 Å². The molecule has 0 bridgehead atoms. The van der Waals surface area contributed by atoms with Gasteiger partial charge in [-0.1, -0.05) is 29.8 Å². The van der Waals surface area contributed by atoms with Crippen molar-refractivity contribution >= 4 is 27.3 Å². The van der Waals surface area contributed by atoms with Crippen LogP contribution < -0.4 is 4.90 Å². The Hall–Kier alpha value is -1.14. The van der Waals surface area contributed by atoms with Crippen molar-refractivity contribution in [2.75, 3.05) is 37.0 Å². The Bertz CT molecular complexity index is 555. The van der Waals surface area contributed by atoms with Crippen molar-refractivity contribution in [3.05, 3.63) is 24.2 Å². The molecule has 5 nitrogen and oxygen atoms in total. The van der Waals surface area contributed by atoms with Crippen LogP contribution in [0.1, 0.15) is 25.5 Å². The highest BCUT2D eigenvalue weighted by molar-refractivity contribution is 9.09. The second-order valence-corrected chi connectivity index (χ2v) is 5.77. The van der Waals surface area contributed by atoms with Gasteiger partial charge in [-0.2, -0.15) is 5.10 Å². The molecule has 2 aromatic heterocycles. The minimum absolute atomic E-state index is 0.409. The van der Waals surface area contributed by atoms with Crippen LogP contribution in [0.25, 0.3) is 5.52 Å². The molecule has 0 amide bonds. The minimum atomic E-state index is 0.409. The van der Waals surface area contributed by atoms with E-state index in [9.17, 15) is 0 Å². The zero-order chi connectivity index (χ0) is 14.5. The number of fused-ring (bicyclic) bond motifs is 1. The molecule has 0 unspecified atom stereocenters. The largest absolute Gasteiger partial charge is 0.383 e. The lowest BCUT2D eigenvalue weighted by atomic mass is 10.1. The smallest absolute Gasteiger partial charge is 0.154 e. The van der Waals surface area contributed by atoms with Crippen LogP contribution in [-0.2, 0) is 4.74 Å². The number of rotatable bonds is 7. The van der Waals surface area contributed by atoms with E-state index >= 15 is 0 Å². The number of ether oxygens (including phenoxy) is 1. The number of anilines is 1. The number of hydrogen-bond donors (Lipinski definition) is 0. The molecule has 0 saturated carbocycles. The normalized spacial score (nSPS) is 11.4. The Morgan fingerprint density at radius 2 is 2.20 bits per heavy atom. The molecule has 0 aliphatic rings. The van der Waals surface area contributed by atoms with Crippen molar-refractivity contribution in [2.45, 2.75) is 19.8 Å². The minimum Gasteiger partial charge on any atom is -0.383 e. The average molecular weight is 341 g/mol. The fourth-order valence-corrected chi connectivity index (χ4v) is 2.51. The van der Waals surface area contributed by atoms with E-state index < -0.39 is 0 Å². The van der Waals surface area contributed by atoms with Gasteiger partial charge in [0.15, 0.2) is 5.82 Å². The van der Waals surface area contributed by atoms with Gasteiger partial charge in [0.2, 0.25) is 0 Å². The molecule has 0 radical (unpaired) electrons. The first-order valence-electron chi connectivity index (χ1n) is 6.81. The zero-order valence-corrected chi connectivity index (χ0v) is 13.8. The van der Waals surface area contributed by atoms with Crippen molar-refractivity contribution in [1.82, 2.24) is 14.6 Å². The molecule has 0 aliphatic heterocycles. The molecular weight excluding hydrogens is 320 g/mol. The van der Waals surface area contributed by atoms with E-state index in [1.807, 2.05) is 10.7 Å². The molecular formula is C14H21BrN4O. The maximum atomic E-state index is 5.19. The summed E-state index contributed by atoms with van der Waals surface area (Å²) in [6, 6.07) is 2.13. The lowest BCUT2D eigenvalue weighted by Gasteiger charge is -2.22. The number of methoxy groups -OCH3 is 1. The van der Waals surface area contributed by atoms with Gasteiger partial charge in [0.25, 0.3) is 0 Å². The summed E-state index contributed by atoms with van der Waals surface area (Å²) < 4.78 is 7.10. The van der Waals surface area contributed by atoms with E-state index in [1.165, 1.54) is 0 Å². The van der Waals surface area contributed by atoms with Gasteiger partial charge in [-0.3, -0.25) is 0 Å². The lowest BCUT2D eigenvalue weighted by Crippen LogP contribution is -2.30. The van der Waals surface area contributed by atoms with E-state index in [1.54, 1.807) is 13.3 Å². The molecule has 6 heteroatoms. The van der Waals surface area contributed by atoms with Gasteiger partial charge in [0, 0.05) is 37.9 Å². The summed E-state index contributed by atoms with van der Waals surface area (Å²) in [5.74, 6) is 1.37. The molecule has 110 valence electrons. The SMILES string of the molecule is COCCN(CCBr)c1nccn2nc(C(C)C)cc12. The van der Waals surface area contributed by atoms with Crippen molar-refractivity contribution in [3.63, 3.8) is 0 Å². The summed E-state index contributed by atoms with van der Waals surface area (Å²) >= 11 is 3.50. The quantitative estimate of drug-likeness (QED) is 0.727. The second kappa shape index (κ2) is 7.04. The first-order chi connectivity index (χ1) is 9.67. The average Bonchev–Trinajstić information content (AvgIpc) is 2.87. The Balaban J connectivity index is 2.39. The van der Waals surface area contributed by atoms with Crippen LogP contribution in [0.15, 0.2) is 18.5 Å². The van der Waals surface area contributed by atoms with Gasteiger partial charge in [0.05, 0.1) is 12.3 Å². The standard InChI is InChI=1S/C14H21BrN4O/c1-11(2)12-10-13-14(16-5-7-19(13)17-12)18(6-4-15)8-9-20-3/h5,7,10-11H,4,6,8-9H2,1-3H3. The number of halogens is 1. The number of hydrogen-bond acceptors (Lipinski definition) is 4. The highest BCUT2D eigenvalue weighted by Gasteiger charge is 2.14. The monoisotopic (exact) mass is 340 g/mol. The second-order valence-electron chi connectivity index (χ2n) is 4.97. The lowest BCUT2D eigenvalue weighted by molar-refractivity contribution is 0.205. The maximum absolute atomic E-state index is 5.19. The molecule has 20 heavy (non-hydrogen) atoms. The van der Waals surface area contributed by atoms with E-state index in [0.29, 0.717) is 12.5 Å². The van der Waals surface area contributed by atoms with Crippen LogP contribution in [0.3, 0.4) is 0 Å². The predicted octanol–water partition coefficient (Wildman–Crippen LogP) is 2.70. The fourth-order valence-electron chi connectivity index (χ4n) is 2.08. The summed E-state index contributed by atoms with van der Waals surface area (Å²) in [6.07, 6.45) is 3.70. The van der Waals surface area contributed by atoms with Crippen molar-refractivity contribution in [1.29, 1.82) is 0 Å². The zero-order valence-electron chi connectivity index (χ0n) is 12.2. The van der Waals surface area contributed by atoms with Gasteiger partial charge in [-0.15, -0.1) is 0 Å². The number of alkyl halides is 1. The Morgan fingerprint density at radius 1 is 1.40 bits per heavy atom. The van der Waals surface area contributed by atoms with E-state index in [0.717, 1.165) is 35.4 Å². The van der Waals surface area contributed by atoms with Crippen molar-refractivity contribution in [3.8, 4) is 0 Å². The topological polar surface area (TPSA) is 42.7 Å². The van der Waals surface area contributed by atoms with Crippen LogP contribution in [0.2, 0.25) is 0 Å². The van der Waals surface area contributed by atoms with Gasteiger partial charge in [0.1, 0.15) is 5.52 Å². The molecule has 2 rings (SSSR count). The summed E-state index contributed by atoms with van der Waals surface area (Å²) in [7, 11) is 1.72. The summed E-state index contributed by atoms with van der Waals surface area (Å²) in [4.78, 5) is 6.76. The van der Waals surface area contributed by atoms with Crippen LogP contribution in [-0.4, -0.2) is 46.7 Å². The maximum Gasteiger partial charge on any atom is 0.154 e. The van der Waals surface area contributed by atoms with E-state index in [4.69, 9.17) is 4.74 Å². The molecule has 0 atom stereocenters. The molecule has 2 heterocycles. The Morgan fingerprint density at radius 3 is 2.85 bits per heavy atom. The summed E-state index contributed by atoms with van der Waals surface area (Å²) in [5, 5.41) is 5.50.